The molecule has 1 atom stereocenters. The van der Waals surface area contributed by atoms with Gasteiger partial charge in [0.15, 0.2) is 0 Å². The maximum absolute atomic E-state index is 6.71. The Labute approximate surface area is 104 Å². The van der Waals surface area contributed by atoms with Crippen molar-refractivity contribution in [1.29, 1.82) is 0 Å². The third kappa shape index (κ3) is 1.95. The second-order valence-electron chi connectivity index (χ2n) is 5.64. The van der Waals surface area contributed by atoms with E-state index >= 15 is 0 Å². The van der Waals surface area contributed by atoms with Gasteiger partial charge in [-0.3, -0.25) is 0 Å². The van der Waals surface area contributed by atoms with Gasteiger partial charge in [-0.25, -0.2) is 0 Å². The van der Waals surface area contributed by atoms with E-state index in [1.165, 1.54) is 18.4 Å². The Morgan fingerprint density at radius 1 is 1.24 bits per heavy atom. The van der Waals surface area contributed by atoms with E-state index in [0.29, 0.717) is 6.61 Å². The highest BCUT2D eigenvalue weighted by atomic mass is 16.5. The van der Waals surface area contributed by atoms with Crippen molar-refractivity contribution in [2.45, 2.75) is 45.6 Å². The molecule has 1 fully saturated rings. The van der Waals surface area contributed by atoms with E-state index in [9.17, 15) is 0 Å². The number of ether oxygens (including phenoxy) is 1. The van der Waals surface area contributed by atoms with E-state index in [4.69, 9.17) is 10.5 Å². The fourth-order valence-electron chi connectivity index (χ4n) is 2.99. The number of hydrogen-bond acceptors (Lipinski definition) is 2. The molecule has 0 spiro atoms. The van der Waals surface area contributed by atoms with Crippen LogP contribution in [-0.2, 0) is 5.54 Å². The zero-order chi connectivity index (χ0) is 12.5. The monoisotopic (exact) mass is 233 g/mol. The third-order valence-corrected chi connectivity index (χ3v) is 4.25. The molecule has 1 aromatic rings. The molecule has 1 aliphatic carbocycles. The maximum atomic E-state index is 6.71. The van der Waals surface area contributed by atoms with Gasteiger partial charge in [0, 0.05) is 11.1 Å². The first-order valence-corrected chi connectivity index (χ1v) is 6.52. The molecule has 0 aromatic heterocycles. The lowest BCUT2D eigenvalue weighted by Gasteiger charge is -2.39. The Morgan fingerprint density at radius 2 is 1.94 bits per heavy atom. The van der Waals surface area contributed by atoms with Gasteiger partial charge in [-0.05, 0) is 31.2 Å². The SMILES string of the molecule is CCOc1ccccc1C1(N)CCCC1(C)C. The highest BCUT2D eigenvalue weighted by Gasteiger charge is 2.48. The molecule has 17 heavy (non-hydrogen) atoms. The molecular formula is C15H23NO. The lowest BCUT2D eigenvalue weighted by molar-refractivity contribution is 0.201. The minimum Gasteiger partial charge on any atom is -0.494 e. The topological polar surface area (TPSA) is 35.2 Å². The van der Waals surface area contributed by atoms with Gasteiger partial charge in [-0.1, -0.05) is 38.5 Å². The summed E-state index contributed by atoms with van der Waals surface area (Å²) in [4.78, 5) is 0. The number of hydrogen-bond donors (Lipinski definition) is 1. The summed E-state index contributed by atoms with van der Waals surface area (Å²) < 4.78 is 5.73. The molecule has 0 radical (unpaired) electrons. The van der Waals surface area contributed by atoms with Crippen molar-refractivity contribution in [2.24, 2.45) is 11.1 Å². The smallest absolute Gasteiger partial charge is 0.124 e. The number of para-hydroxylation sites is 1. The van der Waals surface area contributed by atoms with Crippen LogP contribution in [0, 0.1) is 5.41 Å². The van der Waals surface area contributed by atoms with E-state index < -0.39 is 0 Å². The largest absolute Gasteiger partial charge is 0.494 e. The zero-order valence-electron chi connectivity index (χ0n) is 11.1. The van der Waals surface area contributed by atoms with Crippen LogP contribution in [-0.4, -0.2) is 6.61 Å². The summed E-state index contributed by atoms with van der Waals surface area (Å²) in [6.45, 7) is 7.23. The molecule has 0 heterocycles. The number of nitrogens with two attached hydrogens (primary N) is 1. The molecule has 0 bridgehead atoms. The van der Waals surface area contributed by atoms with E-state index in [2.05, 4.69) is 26.0 Å². The van der Waals surface area contributed by atoms with Crippen LogP contribution >= 0.6 is 0 Å². The van der Waals surface area contributed by atoms with Crippen LogP contribution < -0.4 is 10.5 Å². The first kappa shape index (κ1) is 12.4. The highest BCUT2D eigenvalue weighted by molar-refractivity contribution is 5.41. The minimum absolute atomic E-state index is 0.139. The van der Waals surface area contributed by atoms with Crippen molar-refractivity contribution in [3.8, 4) is 5.75 Å². The van der Waals surface area contributed by atoms with E-state index in [0.717, 1.165) is 12.2 Å². The van der Waals surface area contributed by atoms with Gasteiger partial charge in [-0.15, -0.1) is 0 Å². The quantitative estimate of drug-likeness (QED) is 0.868. The predicted molar refractivity (Wildman–Crippen MR) is 71.1 cm³/mol. The second-order valence-corrected chi connectivity index (χ2v) is 5.64. The van der Waals surface area contributed by atoms with Gasteiger partial charge in [0.05, 0.1) is 6.61 Å². The normalized spacial score (nSPS) is 27.1. The molecule has 2 nitrogen and oxygen atoms in total. The summed E-state index contributed by atoms with van der Waals surface area (Å²) in [6.07, 6.45) is 3.43. The standard InChI is InChI=1S/C15H23NO/c1-4-17-13-9-6-5-8-12(13)15(16)11-7-10-14(15,2)3/h5-6,8-9H,4,7,10-11,16H2,1-3H3. The summed E-state index contributed by atoms with van der Waals surface area (Å²) in [7, 11) is 0. The zero-order valence-corrected chi connectivity index (χ0v) is 11.1. The number of rotatable bonds is 3. The average molecular weight is 233 g/mol. The van der Waals surface area contributed by atoms with E-state index in [-0.39, 0.29) is 11.0 Å². The van der Waals surface area contributed by atoms with Crippen LogP contribution in [0.4, 0.5) is 0 Å². The van der Waals surface area contributed by atoms with Crippen molar-refractivity contribution in [2.75, 3.05) is 6.61 Å². The molecule has 0 amide bonds. The van der Waals surface area contributed by atoms with Crippen molar-refractivity contribution in [3.63, 3.8) is 0 Å². The summed E-state index contributed by atoms with van der Waals surface area (Å²) in [5.41, 5.74) is 7.77. The molecule has 1 unspecified atom stereocenters. The molecular weight excluding hydrogens is 210 g/mol. The van der Waals surface area contributed by atoms with Gasteiger partial charge in [-0.2, -0.15) is 0 Å². The second kappa shape index (κ2) is 4.34. The Balaban J connectivity index is 2.46. The molecule has 0 aliphatic heterocycles. The van der Waals surface area contributed by atoms with Crippen molar-refractivity contribution < 1.29 is 4.74 Å². The Hall–Kier alpha value is -1.02. The van der Waals surface area contributed by atoms with Gasteiger partial charge < -0.3 is 10.5 Å². The van der Waals surface area contributed by atoms with Gasteiger partial charge in [0.25, 0.3) is 0 Å². The van der Waals surface area contributed by atoms with Crippen LogP contribution in [0.25, 0.3) is 0 Å². The van der Waals surface area contributed by atoms with Crippen molar-refractivity contribution in [3.05, 3.63) is 29.8 Å². The van der Waals surface area contributed by atoms with Gasteiger partial charge in [0.2, 0.25) is 0 Å². The van der Waals surface area contributed by atoms with Crippen molar-refractivity contribution in [1.82, 2.24) is 0 Å². The number of benzene rings is 1. The van der Waals surface area contributed by atoms with Gasteiger partial charge in [0.1, 0.15) is 5.75 Å². The van der Waals surface area contributed by atoms with E-state index in [1.54, 1.807) is 0 Å². The summed E-state index contributed by atoms with van der Waals surface area (Å²) in [5, 5.41) is 0. The fourth-order valence-corrected chi connectivity index (χ4v) is 2.99. The van der Waals surface area contributed by atoms with Crippen LogP contribution in [0.1, 0.15) is 45.6 Å². The molecule has 94 valence electrons. The molecule has 1 aliphatic rings. The molecule has 2 N–H and O–H groups in total. The first-order valence-electron chi connectivity index (χ1n) is 6.52. The van der Waals surface area contributed by atoms with Crippen molar-refractivity contribution >= 4 is 0 Å². The summed E-state index contributed by atoms with van der Waals surface area (Å²) in [5.74, 6) is 0.951. The van der Waals surface area contributed by atoms with Crippen LogP contribution in [0.5, 0.6) is 5.75 Å². The van der Waals surface area contributed by atoms with Crippen LogP contribution in [0.2, 0.25) is 0 Å². The third-order valence-electron chi connectivity index (χ3n) is 4.25. The molecule has 1 aromatic carbocycles. The Morgan fingerprint density at radius 3 is 2.53 bits per heavy atom. The van der Waals surface area contributed by atoms with E-state index in [1.807, 2.05) is 19.1 Å². The minimum atomic E-state index is -0.251. The predicted octanol–water partition coefficient (Wildman–Crippen LogP) is 3.45. The Bertz CT molecular complexity index is 400. The highest BCUT2D eigenvalue weighted by Crippen LogP contribution is 2.52. The first-order chi connectivity index (χ1) is 8.01. The summed E-state index contributed by atoms with van der Waals surface area (Å²) in [6, 6.07) is 8.22. The average Bonchev–Trinajstić information content (AvgIpc) is 2.55. The molecule has 1 saturated carbocycles. The molecule has 2 rings (SSSR count). The maximum Gasteiger partial charge on any atom is 0.124 e. The molecule has 0 saturated heterocycles. The van der Waals surface area contributed by atoms with Crippen LogP contribution in [0.3, 0.4) is 0 Å². The lowest BCUT2D eigenvalue weighted by Crippen LogP contribution is -2.46. The lowest BCUT2D eigenvalue weighted by atomic mass is 9.71. The summed E-state index contributed by atoms with van der Waals surface area (Å²) >= 11 is 0. The van der Waals surface area contributed by atoms with Gasteiger partial charge >= 0.3 is 0 Å². The van der Waals surface area contributed by atoms with Crippen LogP contribution in [0.15, 0.2) is 24.3 Å². The Kier molecular flexibility index (Phi) is 3.17. The molecule has 2 heteroatoms. The fraction of sp³-hybridized carbons (Fsp3) is 0.600.